The highest BCUT2D eigenvalue weighted by Crippen LogP contribution is 2.41. The molecular formula is C20H21FN4O2. The van der Waals surface area contributed by atoms with Crippen LogP contribution in [-0.4, -0.2) is 41.5 Å². The first-order valence-electron chi connectivity index (χ1n) is 9.02. The van der Waals surface area contributed by atoms with Gasteiger partial charge in [-0.3, -0.25) is 9.78 Å². The van der Waals surface area contributed by atoms with Gasteiger partial charge in [0.2, 0.25) is 5.91 Å². The molecule has 1 N–H and O–H groups in total. The van der Waals surface area contributed by atoms with Crippen molar-refractivity contribution in [2.45, 2.75) is 19.4 Å². The largest absolute Gasteiger partial charge is 0.334 e. The van der Waals surface area contributed by atoms with E-state index in [1.165, 1.54) is 12.1 Å². The number of nitrogens with zero attached hydrogens (tertiary/aromatic N) is 3. The van der Waals surface area contributed by atoms with Crippen LogP contribution in [0.5, 0.6) is 0 Å². The predicted octanol–water partition coefficient (Wildman–Crippen LogP) is 2.56. The summed E-state index contributed by atoms with van der Waals surface area (Å²) in [6.07, 6.45) is 4.57. The quantitative estimate of drug-likeness (QED) is 0.906. The summed E-state index contributed by atoms with van der Waals surface area (Å²) < 4.78 is 13.5. The van der Waals surface area contributed by atoms with Crippen molar-refractivity contribution in [1.29, 1.82) is 0 Å². The number of likely N-dealkylation sites (tertiary alicyclic amines) is 1. The maximum Gasteiger partial charge on any atom is 0.317 e. The number of benzene rings is 1. The first-order valence-corrected chi connectivity index (χ1v) is 9.02. The predicted molar refractivity (Wildman–Crippen MR) is 98.5 cm³/mol. The first-order chi connectivity index (χ1) is 13.0. The molecule has 7 heteroatoms. The number of urea groups is 1. The maximum absolute atomic E-state index is 13.5. The summed E-state index contributed by atoms with van der Waals surface area (Å²) >= 11 is 0. The lowest BCUT2D eigenvalue weighted by molar-refractivity contribution is -0.117. The first kappa shape index (κ1) is 17.5. The number of carbonyl (C=O) groups is 2. The lowest BCUT2D eigenvalue weighted by Gasteiger charge is -2.24. The minimum absolute atomic E-state index is 0.0155. The van der Waals surface area contributed by atoms with Crippen molar-refractivity contribution in [3.63, 3.8) is 0 Å². The normalized spacial score (nSPS) is 21.9. The molecule has 2 aromatic rings. The number of rotatable bonds is 3. The number of aromatic nitrogens is 1. The minimum atomic E-state index is -0.357. The Balaban J connectivity index is 1.38. The molecular weight excluding hydrogens is 347 g/mol. The zero-order valence-corrected chi connectivity index (χ0v) is 14.9. The van der Waals surface area contributed by atoms with E-state index < -0.39 is 0 Å². The Labute approximate surface area is 157 Å². The number of amides is 3. The van der Waals surface area contributed by atoms with Crippen LogP contribution >= 0.6 is 0 Å². The van der Waals surface area contributed by atoms with Crippen LogP contribution in [0, 0.1) is 11.2 Å². The van der Waals surface area contributed by atoms with Crippen LogP contribution in [0.4, 0.5) is 14.9 Å². The molecule has 2 fully saturated rings. The smallest absolute Gasteiger partial charge is 0.317 e. The van der Waals surface area contributed by atoms with Gasteiger partial charge in [0, 0.05) is 56.1 Å². The molecule has 2 saturated heterocycles. The highest BCUT2D eigenvalue weighted by atomic mass is 19.1. The molecule has 1 spiro atoms. The molecule has 0 radical (unpaired) electrons. The Hall–Kier alpha value is -2.96. The third-order valence-electron chi connectivity index (χ3n) is 5.33. The number of hydrogen-bond donors (Lipinski definition) is 1. The fourth-order valence-corrected chi connectivity index (χ4v) is 3.95. The zero-order chi connectivity index (χ0) is 18.9. The van der Waals surface area contributed by atoms with Gasteiger partial charge in [0.05, 0.1) is 0 Å². The van der Waals surface area contributed by atoms with Crippen LogP contribution in [0.25, 0.3) is 0 Å². The van der Waals surface area contributed by atoms with Gasteiger partial charge >= 0.3 is 6.03 Å². The SMILES string of the molecule is O=C(NCc1cccnc1)N1CC[C@]2(CC(=O)N(c3cccc(F)c3)C2)C1. The molecule has 27 heavy (non-hydrogen) atoms. The van der Waals surface area contributed by atoms with Gasteiger partial charge < -0.3 is 15.1 Å². The maximum atomic E-state index is 13.5. The molecule has 0 aliphatic carbocycles. The molecule has 0 saturated carbocycles. The molecule has 2 aliphatic rings. The average molecular weight is 368 g/mol. The van der Waals surface area contributed by atoms with E-state index in [0.29, 0.717) is 38.3 Å². The van der Waals surface area contributed by atoms with Crippen LogP contribution in [0.3, 0.4) is 0 Å². The second-order valence-electron chi connectivity index (χ2n) is 7.33. The number of nitrogens with one attached hydrogen (secondary N) is 1. The molecule has 0 bridgehead atoms. The fraction of sp³-hybridized carbons (Fsp3) is 0.350. The highest BCUT2D eigenvalue weighted by Gasteiger charge is 2.48. The summed E-state index contributed by atoms with van der Waals surface area (Å²) in [5, 5.41) is 2.91. The molecule has 6 nitrogen and oxygen atoms in total. The Morgan fingerprint density at radius 3 is 2.93 bits per heavy atom. The Kier molecular flexibility index (Phi) is 4.51. The second kappa shape index (κ2) is 6.98. The number of hydrogen-bond acceptors (Lipinski definition) is 3. The van der Waals surface area contributed by atoms with Gasteiger partial charge in [-0.1, -0.05) is 12.1 Å². The van der Waals surface area contributed by atoms with E-state index in [4.69, 9.17) is 0 Å². The Bertz CT molecular complexity index is 860. The average Bonchev–Trinajstić information content (AvgIpc) is 3.23. The van der Waals surface area contributed by atoms with Crippen molar-refractivity contribution >= 4 is 17.6 Å². The molecule has 1 aromatic carbocycles. The molecule has 2 aliphatic heterocycles. The van der Waals surface area contributed by atoms with E-state index in [0.717, 1.165) is 12.0 Å². The molecule has 140 valence electrons. The Morgan fingerprint density at radius 2 is 2.15 bits per heavy atom. The van der Waals surface area contributed by atoms with Gasteiger partial charge in [0.15, 0.2) is 0 Å². The standard InChI is InChI=1S/C20H21FN4O2/c21-16-4-1-5-17(9-16)25-14-20(10-18(25)26)6-8-24(13-20)19(27)23-12-15-3-2-7-22-11-15/h1-5,7,9,11H,6,8,10,12-14H2,(H,23,27)/t20-/m0/s1. The number of pyridine rings is 1. The molecule has 1 aromatic heterocycles. The van der Waals surface area contributed by atoms with Crippen molar-refractivity contribution < 1.29 is 14.0 Å². The number of halogens is 1. The summed E-state index contributed by atoms with van der Waals surface area (Å²) in [7, 11) is 0. The van der Waals surface area contributed by atoms with Crippen LogP contribution < -0.4 is 10.2 Å². The van der Waals surface area contributed by atoms with E-state index >= 15 is 0 Å². The minimum Gasteiger partial charge on any atom is -0.334 e. The topological polar surface area (TPSA) is 65.5 Å². The van der Waals surface area contributed by atoms with E-state index in [1.807, 2.05) is 12.1 Å². The van der Waals surface area contributed by atoms with Gasteiger partial charge in [0.1, 0.15) is 5.82 Å². The van der Waals surface area contributed by atoms with Crippen molar-refractivity contribution in [2.24, 2.45) is 5.41 Å². The summed E-state index contributed by atoms with van der Waals surface area (Å²) in [5.74, 6) is -0.373. The lowest BCUT2D eigenvalue weighted by Crippen LogP contribution is -2.40. The fourth-order valence-electron chi connectivity index (χ4n) is 3.95. The van der Waals surface area contributed by atoms with Crippen molar-refractivity contribution in [1.82, 2.24) is 15.2 Å². The van der Waals surface area contributed by atoms with Gasteiger partial charge in [0.25, 0.3) is 0 Å². The van der Waals surface area contributed by atoms with Crippen LogP contribution in [0.15, 0.2) is 48.8 Å². The van der Waals surface area contributed by atoms with Crippen LogP contribution in [0.1, 0.15) is 18.4 Å². The van der Waals surface area contributed by atoms with Crippen LogP contribution in [-0.2, 0) is 11.3 Å². The van der Waals surface area contributed by atoms with E-state index in [2.05, 4.69) is 10.3 Å². The number of carbonyl (C=O) groups excluding carboxylic acids is 2. The van der Waals surface area contributed by atoms with Crippen LogP contribution in [0.2, 0.25) is 0 Å². The monoisotopic (exact) mass is 368 g/mol. The van der Waals surface area contributed by atoms with Gasteiger partial charge in [-0.25, -0.2) is 9.18 Å². The van der Waals surface area contributed by atoms with Crippen molar-refractivity contribution in [3.05, 3.63) is 60.2 Å². The van der Waals surface area contributed by atoms with Gasteiger partial charge in [-0.2, -0.15) is 0 Å². The molecule has 3 amide bonds. The number of anilines is 1. The molecule has 0 unspecified atom stereocenters. The third kappa shape index (κ3) is 3.63. The van der Waals surface area contributed by atoms with Gasteiger partial charge in [-0.15, -0.1) is 0 Å². The Morgan fingerprint density at radius 1 is 1.26 bits per heavy atom. The zero-order valence-electron chi connectivity index (χ0n) is 14.9. The van der Waals surface area contributed by atoms with E-state index in [-0.39, 0.29) is 23.2 Å². The van der Waals surface area contributed by atoms with E-state index in [1.54, 1.807) is 34.3 Å². The molecule has 1 atom stereocenters. The molecule has 4 rings (SSSR count). The summed E-state index contributed by atoms with van der Waals surface area (Å²) in [4.78, 5) is 32.4. The third-order valence-corrected chi connectivity index (χ3v) is 5.33. The van der Waals surface area contributed by atoms with Gasteiger partial charge in [-0.05, 0) is 36.2 Å². The summed E-state index contributed by atoms with van der Waals surface area (Å²) in [6.45, 7) is 2.08. The lowest BCUT2D eigenvalue weighted by atomic mass is 9.86. The summed E-state index contributed by atoms with van der Waals surface area (Å²) in [6, 6.07) is 9.70. The van der Waals surface area contributed by atoms with Crippen molar-refractivity contribution in [3.8, 4) is 0 Å². The second-order valence-corrected chi connectivity index (χ2v) is 7.33. The highest BCUT2D eigenvalue weighted by molar-refractivity contribution is 5.96. The van der Waals surface area contributed by atoms with Crippen molar-refractivity contribution in [2.75, 3.05) is 24.5 Å². The molecule has 3 heterocycles. The summed E-state index contributed by atoms with van der Waals surface area (Å²) in [5.41, 5.74) is 1.26. The van der Waals surface area contributed by atoms with E-state index in [9.17, 15) is 14.0 Å².